The lowest BCUT2D eigenvalue weighted by atomic mass is 10.1. The molecule has 2 N–H and O–H groups in total. The van der Waals surface area contributed by atoms with Crippen LogP contribution in [0.5, 0.6) is 0 Å². The number of benzene rings is 1. The molecule has 0 bridgehead atoms. The Kier molecular flexibility index (Phi) is 4.26. The van der Waals surface area contributed by atoms with Crippen LogP contribution in [0.15, 0.2) is 41.6 Å². The van der Waals surface area contributed by atoms with Crippen LogP contribution in [-0.2, 0) is 10.0 Å². The average molecular weight is 389 g/mol. The molecule has 1 aliphatic carbocycles. The summed E-state index contributed by atoms with van der Waals surface area (Å²) in [5.41, 5.74) is 2.00. The Morgan fingerprint density at radius 1 is 1.33 bits per heavy atom. The summed E-state index contributed by atoms with van der Waals surface area (Å²) in [5, 5.41) is 11.3. The van der Waals surface area contributed by atoms with E-state index in [1.165, 1.54) is 24.5 Å². The average Bonchev–Trinajstić information content (AvgIpc) is 3.17. The zero-order valence-electron chi connectivity index (χ0n) is 15.0. The van der Waals surface area contributed by atoms with E-state index in [0.717, 1.165) is 18.5 Å². The normalized spacial score (nSPS) is 14.7. The Labute approximate surface area is 156 Å². The van der Waals surface area contributed by atoms with Crippen LogP contribution in [0.4, 0.5) is 10.1 Å². The molecule has 142 valence electrons. The number of halogens is 1. The fraction of sp³-hybridized carbons (Fsp3) is 0.333. The van der Waals surface area contributed by atoms with Crippen molar-refractivity contribution in [2.75, 3.05) is 4.72 Å². The van der Waals surface area contributed by atoms with E-state index in [-0.39, 0.29) is 16.9 Å². The third-order valence-electron chi connectivity index (χ3n) is 4.53. The van der Waals surface area contributed by atoms with E-state index >= 15 is 0 Å². The van der Waals surface area contributed by atoms with Gasteiger partial charge in [0.15, 0.2) is 0 Å². The van der Waals surface area contributed by atoms with Gasteiger partial charge in [0.2, 0.25) is 0 Å². The number of hydrogen-bond donors (Lipinski definition) is 2. The fourth-order valence-electron chi connectivity index (χ4n) is 2.91. The van der Waals surface area contributed by atoms with Crippen molar-refractivity contribution in [1.82, 2.24) is 20.0 Å². The predicted octanol–water partition coefficient (Wildman–Crippen LogP) is 3.67. The highest BCUT2D eigenvalue weighted by molar-refractivity contribution is 7.92. The molecular weight excluding hydrogens is 369 g/mol. The highest BCUT2D eigenvalue weighted by Gasteiger charge is 2.32. The van der Waals surface area contributed by atoms with Crippen molar-refractivity contribution in [2.24, 2.45) is 0 Å². The summed E-state index contributed by atoms with van der Waals surface area (Å²) in [6, 6.07) is 5.99. The highest BCUT2D eigenvalue weighted by atomic mass is 32.2. The van der Waals surface area contributed by atoms with E-state index in [9.17, 15) is 12.8 Å². The molecule has 4 rings (SSSR count). The van der Waals surface area contributed by atoms with Gasteiger partial charge in [-0.25, -0.2) is 12.8 Å². The van der Waals surface area contributed by atoms with Gasteiger partial charge in [-0.2, -0.15) is 10.2 Å². The van der Waals surface area contributed by atoms with Crippen LogP contribution in [0.1, 0.15) is 44.3 Å². The second kappa shape index (κ2) is 6.49. The van der Waals surface area contributed by atoms with Crippen molar-refractivity contribution >= 4 is 15.7 Å². The van der Waals surface area contributed by atoms with Crippen LogP contribution in [0.3, 0.4) is 0 Å². The topological polar surface area (TPSA) is 92.7 Å². The number of nitrogens with one attached hydrogen (secondary N) is 2. The Morgan fingerprint density at radius 3 is 2.74 bits per heavy atom. The van der Waals surface area contributed by atoms with Crippen molar-refractivity contribution in [1.29, 1.82) is 0 Å². The standard InChI is InChI=1S/C18H20FN5O2S/c1-11(2)24-10-15(9-20-24)27(25,26)23-18-16(12-6-7-12)21-22-17(18)13-4-3-5-14(19)8-13/h3-5,8-12,23H,6-7H2,1-2H3,(H,21,22). The molecule has 1 saturated carbocycles. The van der Waals surface area contributed by atoms with Gasteiger partial charge in [-0.1, -0.05) is 12.1 Å². The van der Waals surface area contributed by atoms with E-state index in [0.29, 0.717) is 16.9 Å². The Bertz CT molecular complexity index is 1080. The first kappa shape index (κ1) is 17.7. The maximum Gasteiger partial charge on any atom is 0.265 e. The minimum absolute atomic E-state index is 0.0488. The summed E-state index contributed by atoms with van der Waals surface area (Å²) in [5.74, 6) is -0.175. The number of rotatable bonds is 6. The van der Waals surface area contributed by atoms with Gasteiger partial charge < -0.3 is 0 Å². The first-order valence-electron chi connectivity index (χ1n) is 8.76. The minimum atomic E-state index is -3.85. The Hall–Kier alpha value is -2.68. The lowest BCUT2D eigenvalue weighted by molar-refractivity contribution is 0.531. The molecule has 1 aromatic carbocycles. The Morgan fingerprint density at radius 2 is 2.11 bits per heavy atom. The number of sulfonamides is 1. The quantitative estimate of drug-likeness (QED) is 0.673. The van der Waals surface area contributed by atoms with Crippen molar-refractivity contribution in [2.45, 2.75) is 43.5 Å². The molecule has 0 saturated heterocycles. The summed E-state index contributed by atoms with van der Waals surface area (Å²) in [6.45, 7) is 3.83. The van der Waals surface area contributed by atoms with Gasteiger partial charge in [-0.15, -0.1) is 0 Å². The van der Waals surface area contributed by atoms with Crippen LogP contribution in [0, 0.1) is 5.82 Å². The van der Waals surface area contributed by atoms with Crippen LogP contribution in [0.25, 0.3) is 11.3 Å². The lowest BCUT2D eigenvalue weighted by Gasteiger charge is -2.09. The summed E-state index contributed by atoms with van der Waals surface area (Å²) >= 11 is 0. The molecule has 3 aromatic rings. The van der Waals surface area contributed by atoms with E-state index in [4.69, 9.17) is 0 Å². The second-order valence-corrected chi connectivity index (χ2v) is 8.68. The highest BCUT2D eigenvalue weighted by Crippen LogP contribution is 2.45. The minimum Gasteiger partial charge on any atom is -0.279 e. The van der Waals surface area contributed by atoms with Gasteiger partial charge in [0.25, 0.3) is 10.0 Å². The maximum absolute atomic E-state index is 13.7. The van der Waals surface area contributed by atoms with Gasteiger partial charge in [0, 0.05) is 23.7 Å². The molecule has 0 aliphatic heterocycles. The van der Waals surface area contributed by atoms with E-state index in [1.807, 2.05) is 13.8 Å². The number of nitrogens with zero attached hydrogens (tertiary/aromatic N) is 3. The number of hydrogen-bond acceptors (Lipinski definition) is 4. The molecule has 0 radical (unpaired) electrons. The molecule has 0 unspecified atom stereocenters. The largest absolute Gasteiger partial charge is 0.279 e. The fourth-order valence-corrected chi connectivity index (χ4v) is 3.93. The summed E-state index contributed by atoms with van der Waals surface area (Å²) in [4.78, 5) is 0.0735. The van der Waals surface area contributed by atoms with E-state index in [1.54, 1.807) is 16.8 Å². The van der Waals surface area contributed by atoms with Crippen molar-refractivity contribution in [3.63, 3.8) is 0 Å². The summed E-state index contributed by atoms with van der Waals surface area (Å²) in [7, 11) is -3.85. The molecule has 1 fully saturated rings. The molecule has 0 amide bonds. The third-order valence-corrected chi connectivity index (χ3v) is 5.84. The zero-order valence-corrected chi connectivity index (χ0v) is 15.8. The summed E-state index contributed by atoms with van der Waals surface area (Å²) < 4.78 is 43.7. The zero-order chi connectivity index (χ0) is 19.2. The number of H-pyrrole nitrogens is 1. The van der Waals surface area contributed by atoms with Gasteiger partial charge in [0.05, 0.1) is 17.6 Å². The van der Waals surface area contributed by atoms with E-state index in [2.05, 4.69) is 20.0 Å². The number of aromatic amines is 1. The van der Waals surface area contributed by atoms with Gasteiger partial charge in [-0.3, -0.25) is 14.5 Å². The molecule has 0 atom stereocenters. The molecule has 2 aromatic heterocycles. The molecule has 7 nitrogen and oxygen atoms in total. The van der Waals surface area contributed by atoms with Gasteiger partial charge in [-0.05, 0) is 38.8 Å². The molecule has 0 spiro atoms. The first-order chi connectivity index (χ1) is 12.8. The molecule has 1 aliphatic rings. The molecule has 27 heavy (non-hydrogen) atoms. The maximum atomic E-state index is 13.7. The SMILES string of the molecule is CC(C)n1cc(S(=O)(=O)Nc2c(-c3cccc(F)c3)n[nH]c2C2CC2)cn1. The smallest absolute Gasteiger partial charge is 0.265 e. The molecule has 9 heteroatoms. The van der Waals surface area contributed by atoms with Crippen molar-refractivity contribution < 1.29 is 12.8 Å². The number of anilines is 1. The molecule has 2 heterocycles. The van der Waals surface area contributed by atoms with Crippen LogP contribution >= 0.6 is 0 Å². The Balaban J connectivity index is 1.75. The monoisotopic (exact) mass is 389 g/mol. The van der Waals surface area contributed by atoms with Crippen LogP contribution < -0.4 is 4.72 Å². The van der Waals surface area contributed by atoms with Crippen molar-refractivity contribution in [3.05, 3.63) is 48.2 Å². The summed E-state index contributed by atoms with van der Waals surface area (Å²) in [6.07, 6.45) is 4.74. The van der Waals surface area contributed by atoms with Gasteiger partial charge >= 0.3 is 0 Å². The molecular formula is C18H20FN5O2S. The van der Waals surface area contributed by atoms with E-state index < -0.39 is 15.8 Å². The van der Waals surface area contributed by atoms with Gasteiger partial charge in [0.1, 0.15) is 16.4 Å². The first-order valence-corrected chi connectivity index (χ1v) is 10.2. The predicted molar refractivity (Wildman–Crippen MR) is 99.4 cm³/mol. The number of aromatic nitrogens is 4. The van der Waals surface area contributed by atoms with Crippen LogP contribution in [-0.4, -0.2) is 28.4 Å². The van der Waals surface area contributed by atoms with Crippen molar-refractivity contribution in [3.8, 4) is 11.3 Å². The second-order valence-electron chi connectivity index (χ2n) is 7.00. The third kappa shape index (κ3) is 3.46. The lowest BCUT2D eigenvalue weighted by Crippen LogP contribution is -2.14. The van der Waals surface area contributed by atoms with Crippen LogP contribution in [0.2, 0.25) is 0 Å².